The van der Waals surface area contributed by atoms with Crippen LogP contribution in [0.3, 0.4) is 0 Å². The largest absolute Gasteiger partial charge is 0.506 e. The molecule has 0 aliphatic carbocycles. The van der Waals surface area contributed by atoms with Crippen LogP contribution in [0.5, 0.6) is 11.5 Å². The molecule has 13 heteroatoms. The highest BCUT2D eigenvalue weighted by Gasteiger charge is 2.40. The van der Waals surface area contributed by atoms with Gasteiger partial charge in [0.25, 0.3) is 0 Å². The number of rotatable bonds is 16. The number of hydrogen-bond acceptors (Lipinski definition) is 10. The van der Waals surface area contributed by atoms with Crippen molar-refractivity contribution < 1.29 is 34.0 Å². The SMILES string of the molecule is O=C(NC(c1ccccc1)c1cccc(OCc2ccc(C(=O)OCCCCNC[C@H](O)c3ccc(O)c4[nH]c(=O)ccc34)c(Cl)c2)c1)O[C@H]1CN2CCC1C2. The molecule has 0 radical (unpaired) electrons. The lowest BCUT2D eigenvalue weighted by atomic mass is 9.98. The minimum absolute atomic E-state index is 0.0625. The number of hydrogen-bond donors (Lipinski definition) is 5. The van der Waals surface area contributed by atoms with Crippen LogP contribution in [-0.4, -0.2) is 77.6 Å². The number of esters is 1. The maximum absolute atomic E-state index is 13.1. The first-order valence-electron chi connectivity index (χ1n) is 18.9. The quantitative estimate of drug-likeness (QED) is 0.0572. The van der Waals surface area contributed by atoms with E-state index < -0.39 is 24.2 Å². The number of pyridine rings is 1. The van der Waals surface area contributed by atoms with E-state index in [0.29, 0.717) is 42.0 Å². The van der Waals surface area contributed by atoms with Gasteiger partial charge >= 0.3 is 12.1 Å². The summed E-state index contributed by atoms with van der Waals surface area (Å²) >= 11 is 6.51. The number of phenolic OH excluding ortho intramolecular Hbond substituents is 1. The Morgan fingerprint density at radius 2 is 1.79 bits per heavy atom. The Morgan fingerprint density at radius 1 is 0.946 bits per heavy atom. The fourth-order valence-corrected chi connectivity index (χ4v) is 7.70. The minimum atomic E-state index is -0.858. The van der Waals surface area contributed by atoms with Crippen LogP contribution in [0, 0.1) is 5.92 Å². The van der Waals surface area contributed by atoms with E-state index in [2.05, 4.69) is 20.5 Å². The number of aromatic nitrogens is 1. The number of piperidine rings is 1. The molecule has 2 saturated heterocycles. The topological polar surface area (TPSA) is 162 Å². The Kier molecular flexibility index (Phi) is 12.5. The molecular weight excluding hydrogens is 736 g/mol. The molecule has 5 atom stereocenters. The number of nitrogens with zero attached hydrogens (tertiary/aromatic N) is 1. The third-order valence-electron chi connectivity index (χ3n) is 10.4. The Bertz CT molecular complexity index is 2220. The zero-order valence-electron chi connectivity index (χ0n) is 30.8. The maximum atomic E-state index is 13.1. The van der Waals surface area contributed by atoms with Crippen molar-refractivity contribution in [1.29, 1.82) is 0 Å². The molecule has 0 spiro atoms. The first-order valence-corrected chi connectivity index (χ1v) is 19.3. The van der Waals surface area contributed by atoms with Gasteiger partial charge in [-0.15, -0.1) is 0 Å². The summed E-state index contributed by atoms with van der Waals surface area (Å²) < 4.78 is 17.5. The van der Waals surface area contributed by atoms with Crippen LogP contribution in [0.2, 0.25) is 5.02 Å². The van der Waals surface area contributed by atoms with E-state index in [-0.39, 0.29) is 53.3 Å². The van der Waals surface area contributed by atoms with Gasteiger partial charge in [0, 0.05) is 37.0 Å². The average Bonchev–Trinajstić information content (AvgIpc) is 3.83. The summed E-state index contributed by atoms with van der Waals surface area (Å²) in [6, 6.07) is 28.0. The number of phenols is 1. The van der Waals surface area contributed by atoms with Crippen LogP contribution >= 0.6 is 11.6 Å². The van der Waals surface area contributed by atoms with Crippen molar-refractivity contribution in [3.63, 3.8) is 0 Å². The van der Waals surface area contributed by atoms with E-state index in [4.69, 9.17) is 25.8 Å². The van der Waals surface area contributed by atoms with Gasteiger partial charge in [0.1, 0.15) is 24.2 Å². The lowest BCUT2D eigenvalue weighted by Crippen LogP contribution is -2.37. The predicted octanol–water partition coefficient (Wildman–Crippen LogP) is 6.25. The molecule has 7 rings (SSSR count). The van der Waals surface area contributed by atoms with Gasteiger partial charge in [-0.3, -0.25) is 9.69 Å². The first-order chi connectivity index (χ1) is 27.2. The van der Waals surface area contributed by atoms with Gasteiger partial charge in [-0.05, 0) is 91.0 Å². The molecule has 56 heavy (non-hydrogen) atoms. The number of aromatic hydroxyl groups is 1. The Hall–Kier alpha value is -5.40. The van der Waals surface area contributed by atoms with E-state index in [0.717, 1.165) is 42.7 Å². The summed E-state index contributed by atoms with van der Waals surface area (Å²) in [6.07, 6.45) is 0.964. The fourth-order valence-electron chi connectivity index (χ4n) is 7.42. The van der Waals surface area contributed by atoms with Crippen molar-refractivity contribution >= 4 is 34.6 Å². The van der Waals surface area contributed by atoms with Crippen LogP contribution in [0.1, 0.15) is 64.0 Å². The molecule has 4 aromatic carbocycles. The summed E-state index contributed by atoms with van der Waals surface area (Å²) in [6.45, 7) is 4.08. The van der Waals surface area contributed by atoms with Gasteiger partial charge in [-0.25, -0.2) is 9.59 Å². The molecule has 3 heterocycles. The summed E-state index contributed by atoms with van der Waals surface area (Å²) in [4.78, 5) is 42.5. The summed E-state index contributed by atoms with van der Waals surface area (Å²) in [7, 11) is 0. The third kappa shape index (κ3) is 9.51. The molecular formula is C43H45ClN4O8. The van der Waals surface area contributed by atoms with Gasteiger partial charge in [0.2, 0.25) is 5.56 Å². The smallest absolute Gasteiger partial charge is 0.408 e. The number of aliphatic hydroxyl groups excluding tert-OH is 1. The average molecular weight is 781 g/mol. The van der Waals surface area contributed by atoms with Gasteiger partial charge in [0.05, 0.1) is 34.9 Å². The van der Waals surface area contributed by atoms with E-state index in [1.807, 2.05) is 54.6 Å². The van der Waals surface area contributed by atoms with Crippen LogP contribution < -0.4 is 20.9 Å². The molecule has 12 nitrogen and oxygen atoms in total. The Labute approximate surface area is 329 Å². The van der Waals surface area contributed by atoms with Crippen molar-refractivity contribution in [2.45, 2.75) is 44.1 Å². The van der Waals surface area contributed by atoms with Crippen molar-refractivity contribution in [1.82, 2.24) is 20.5 Å². The Morgan fingerprint density at radius 3 is 2.57 bits per heavy atom. The van der Waals surface area contributed by atoms with Crippen LogP contribution in [0.15, 0.2) is 102 Å². The lowest BCUT2D eigenvalue weighted by molar-refractivity contribution is 0.0498. The number of fused-ring (bicyclic) bond motifs is 3. The second-order valence-electron chi connectivity index (χ2n) is 14.3. The molecule has 1 amide bonds. The van der Waals surface area contributed by atoms with Crippen LogP contribution in [-0.2, 0) is 16.1 Å². The number of alkyl carbamates (subject to hydrolysis) is 1. The van der Waals surface area contributed by atoms with Crippen LogP contribution in [0.4, 0.5) is 4.79 Å². The standard InChI is InChI=1S/C43H45ClN4O8/c44-35-21-27(11-12-34(35)42(52)54-20-5-4-18-45-23-37(50)32-13-15-36(49)41-33(32)14-16-39(51)46-41)26-55-31-10-6-9-29(22-31)40(28-7-2-1-3-8-28)47-43(53)56-38-25-48-19-17-30(38)24-48/h1-3,6-16,21-22,30,37-38,40,45,49-50H,4-5,17-20,23-26H2,(H,46,51)(H,47,53)/t30?,37-,38-,40?/m0/s1. The number of H-pyrrole nitrogens is 1. The Balaban J connectivity index is 0.859. The molecule has 2 fully saturated rings. The molecule has 3 unspecified atom stereocenters. The number of aliphatic hydroxyl groups is 1. The summed E-state index contributed by atoms with van der Waals surface area (Å²) in [5.74, 6) is 0.417. The van der Waals surface area contributed by atoms with Crippen molar-refractivity contribution in [2.75, 3.05) is 39.3 Å². The van der Waals surface area contributed by atoms with Gasteiger partial charge < -0.3 is 40.0 Å². The maximum Gasteiger partial charge on any atom is 0.408 e. The van der Waals surface area contributed by atoms with Gasteiger partial charge in [-0.2, -0.15) is 0 Å². The van der Waals surface area contributed by atoms with E-state index in [9.17, 15) is 24.6 Å². The zero-order chi connectivity index (χ0) is 39.0. The number of amides is 1. The first kappa shape index (κ1) is 38.9. The predicted molar refractivity (Wildman–Crippen MR) is 212 cm³/mol. The molecule has 2 bridgehead atoms. The molecule has 292 valence electrons. The normalized spacial score (nSPS) is 18.4. The molecule has 2 aliphatic heterocycles. The number of carbonyl (C=O) groups excluding carboxylic acids is 2. The highest BCUT2D eigenvalue weighted by molar-refractivity contribution is 6.33. The molecule has 0 saturated carbocycles. The second kappa shape index (κ2) is 18.0. The molecule has 5 aromatic rings. The van der Waals surface area contributed by atoms with Crippen molar-refractivity contribution in [3.05, 3.63) is 140 Å². The number of carbonyl (C=O) groups is 2. The fraction of sp³-hybridized carbons (Fsp3) is 0.326. The molecule has 1 aromatic heterocycles. The number of halogens is 1. The number of benzene rings is 4. The number of aromatic amines is 1. The van der Waals surface area contributed by atoms with Crippen molar-refractivity contribution in [2.24, 2.45) is 5.92 Å². The van der Waals surface area contributed by atoms with Gasteiger partial charge in [-0.1, -0.05) is 66.2 Å². The monoisotopic (exact) mass is 780 g/mol. The number of nitrogens with one attached hydrogen (secondary N) is 3. The third-order valence-corrected chi connectivity index (χ3v) is 10.7. The highest BCUT2D eigenvalue weighted by Crippen LogP contribution is 2.32. The molecule has 5 N–H and O–H groups in total. The van der Waals surface area contributed by atoms with Gasteiger partial charge in [0.15, 0.2) is 0 Å². The van der Waals surface area contributed by atoms with Crippen molar-refractivity contribution in [3.8, 4) is 11.5 Å². The summed E-state index contributed by atoms with van der Waals surface area (Å²) in [5, 5.41) is 27.9. The minimum Gasteiger partial charge on any atom is -0.506 e. The lowest BCUT2D eigenvalue weighted by Gasteiger charge is -2.25. The molecule has 2 aliphatic rings. The van der Waals surface area contributed by atoms with E-state index in [1.165, 1.54) is 12.1 Å². The van der Waals surface area contributed by atoms with E-state index in [1.54, 1.807) is 30.3 Å². The highest BCUT2D eigenvalue weighted by atomic mass is 35.5. The zero-order valence-corrected chi connectivity index (χ0v) is 31.5. The van der Waals surface area contributed by atoms with Crippen LogP contribution in [0.25, 0.3) is 10.9 Å². The number of unbranched alkanes of at least 4 members (excludes halogenated alkanes) is 1. The second-order valence-corrected chi connectivity index (χ2v) is 14.7. The summed E-state index contributed by atoms with van der Waals surface area (Å²) in [5.41, 5.74) is 3.31. The van der Waals surface area contributed by atoms with E-state index >= 15 is 0 Å². The number of ether oxygens (including phenoxy) is 3.